The highest BCUT2D eigenvalue weighted by atomic mass is 16.5. The van der Waals surface area contributed by atoms with Crippen LogP contribution in [-0.2, 0) is 10.3 Å². The van der Waals surface area contributed by atoms with Crippen molar-refractivity contribution >= 4 is 5.91 Å². The van der Waals surface area contributed by atoms with Gasteiger partial charge in [-0.15, -0.1) is 0 Å². The summed E-state index contributed by atoms with van der Waals surface area (Å²) in [6.45, 7) is 6.99. The van der Waals surface area contributed by atoms with Gasteiger partial charge in [0.15, 0.2) is 11.5 Å². The molecule has 2 rings (SSSR count). The van der Waals surface area contributed by atoms with Crippen LogP contribution in [0, 0.1) is 0 Å². The molecule has 1 unspecified atom stereocenters. The first-order chi connectivity index (χ1) is 9.43. The van der Waals surface area contributed by atoms with Crippen molar-refractivity contribution in [3.63, 3.8) is 0 Å². The lowest BCUT2D eigenvalue weighted by Crippen LogP contribution is -2.52. The second-order valence-electron chi connectivity index (χ2n) is 5.50. The van der Waals surface area contributed by atoms with Gasteiger partial charge in [0, 0.05) is 12.5 Å². The zero-order chi connectivity index (χ0) is 14.8. The predicted molar refractivity (Wildman–Crippen MR) is 76.9 cm³/mol. The molecule has 5 nitrogen and oxygen atoms in total. The van der Waals surface area contributed by atoms with Crippen LogP contribution in [0.3, 0.4) is 0 Å². The van der Waals surface area contributed by atoms with E-state index in [2.05, 4.69) is 5.32 Å². The Balaban J connectivity index is 2.39. The highest BCUT2D eigenvalue weighted by Gasteiger charge is 2.34. The minimum absolute atomic E-state index is 0.128. The third kappa shape index (κ3) is 2.88. The van der Waals surface area contributed by atoms with Gasteiger partial charge in [0.1, 0.15) is 5.54 Å². The Labute approximate surface area is 119 Å². The molecule has 1 aromatic carbocycles. The van der Waals surface area contributed by atoms with Crippen LogP contribution in [0.4, 0.5) is 0 Å². The van der Waals surface area contributed by atoms with Crippen molar-refractivity contribution < 1.29 is 14.3 Å². The summed E-state index contributed by atoms with van der Waals surface area (Å²) in [5, 5.41) is 3.22. The lowest BCUT2D eigenvalue weighted by Gasteiger charge is -2.30. The maximum Gasteiger partial charge on any atom is 0.242 e. The topological polar surface area (TPSA) is 73.6 Å². The van der Waals surface area contributed by atoms with Gasteiger partial charge in [-0.25, -0.2) is 0 Å². The van der Waals surface area contributed by atoms with Crippen LogP contribution >= 0.6 is 0 Å². The molecular weight excluding hydrogens is 256 g/mol. The molecule has 5 heteroatoms. The number of ether oxygens (including phenoxy) is 2. The normalized spacial score (nSPS) is 17.4. The molecule has 1 atom stereocenters. The number of benzene rings is 1. The number of nitrogens with one attached hydrogen (secondary N) is 1. The molecule has 1 amide bonds. The van der Waals surface area contributed by atoms with Gasteiger partial charge in [-0.05, 0) is 38.5 Å². The van der Waals surface area contributed by atoms with Crippen LogP contribution in [0.25, 0.3) is 0 Å². The van der Waals surface area contributed by atoms with Crippen molar-refractivity contribution in [2.45, 2.75) is 38.8 Å². The van der Waals surface area contributed by atoms with Crippen LogP contribution < -0.4 is 20.5 Å². The Morgan fingerprint density at radius 1 is 1.30 bits per heavy atom. The zero-order valence-electron chi connectivity index (χ0n) is 12.2. The zero-order valence-corrected chi connectivity index (χ0v) is 12.2. The second-order valence-corrected chi connectivity index (χ2v) is 5.50. The van der Waals surface area contributed by atoms with Crippen molar-refractivity contribution in [2.75, 3.05) is 13.2 Å². The van der Waals surface area contributed by atoms with Gasteiger partial charge in [-0.3, -0.25) is 10.1 Å². The van der Waals surface area contributed by atoms with Gasteiger partial charge in [-0.1, -0.05) is 6.07 Å². The van der Waals surface area contributed by atoms with Crippen LogP contribution in [0.15, 0.2) is 18.2 Å². The van der Waals surface area contributed by atoms with Gasteiger partial charge in [0.25, 0.3) is 0 Å². The highest BCUT2D eigenvalue weighted by Crippen LogP contribution is 2.34. The standard InChI is InChI=1S/C15H22N2O3/c1-10(2)17-15(3,14(16)18)11-5-6-12-13(9-11)20-8-4-7-19-12/h5-6,9-10,17H,4,7-8H2,1-3H3,(H2,16,18). The van der Waals surface area contributed by atoms with Gasteiger partial charge >= 0.3 is 0 Å². The Morgan fingerprint density at radius 3 is 2.55 bits per heavy atom. The molecule has 0 spiro atoms. The number of hydrogen-bond donors (Lipinski definition) is 2. The van der Waals surface area contributed by atoms with E-state index >= 15 is 0 Å². The third-order valence-corrected chi connectivity index (χ3v) is 3.40. The summed E-state index contributed by atoms with van der Waals surface area (Å²) in [5.74, 6) is 0.960. The molecule has 20 heavy (non-hydrogen) atoms. The molecule has 0 aromatic heterocycles. The van der Waals surface area contributed by atoms with E-state index in [1.165, 1.54) is 0 Å². The molecular formula is C15H22N2O3. The van der Waals surface area contributed by atoms with Crippen molar-refractivity contribution in [1.29, 1.82) is 0 Å². The smallest absolute Gasteiger partial charge is 0.242 e. The van der Waals surface area contributed by atoms with E-state index in [9.17, 15) is 4.79 Å². The molecule has 0 fully saturated rings. The van der Waals surface area contributed by atoms with Crippen LogP contribution in [0.2, 0.25) is 0 Å². The van der Waals surface area contributed by atoms with Crippen molar-refractivity contribution in [1.82, 2.24) is 5.32 Å². The number of carbonyl (C=O) groups is 1. The SMILES string of the molecule is CC(C)NC(C)(C(N)=O)c1ccc2c(c1)OCCCO2. The Hall–Kier alpha value is -1.75. The van der Waals surface area contributed by atoms with Gasteiger partial charge < -0.3 is 15.2 Å². The fourth-order valence-electron chi connectivity index (χ4n) is 2.35. The van der Waals surface area contributed by atoms with Crippen molar-refractivity contribution in [3.8, 4) is 11.5 Å². The number of fused-ring (bicyclic) bond motifs is 1. The van der Waals surface area contributed by atoms with E-state index in [-0.39, 0.29) is 6.04 Å². The highest BCUT2D eigenvalue weighted by molar-refractivity contribution is 5.86. The second kappa shape index (κ2) is 5.71. The van der Waals surface area contributed by atoms with Gasteiger partial charge in [0.2, 0.25) is 5.91 Å². The molecule has 1 heterocycles. The van der Waals surface area contributed by atoms with E-state index in [1.54, 1.807) is 6.92 Å². The van der Waals surface area contributed by atoms with E-state index in [0.29, 0.717) is 24.7 Å². The predicted octanol–water partition coefficient (Wildman–Crippen LogP) is 1.55. The molecule has 110 valence electrons. The summed E-state index contributed by atoms with van der Waals surface area (Å²) in [7, 11) is 0. The molecule has 1 aliphatic rings. The molecule has 0 aliphatic carbocycles. The van der Waals surface area contributed by atoms with Crippen LogP contribution in [-0.4, -0.2) is 25.2 Å². The maximum absolute atomic E-state index is 11.9. The molecule has 0 radical (unpaired) electrons. The number of nitrogens with two attached hydrogens (primary N) is 1. The summed E-state index contributed by atoms with van der Waals surface area (Å²) in [4.78, 5) is 11.9. The summed E-state index contributed by atoms with van der Waals surface area (Å²) in [6, 6.07) is 5.65. The van der Waals surface area contributed by atoms with E-state index in [0.717, 1.165) is 12.0 Å². The van der Waals surface area contributed by atoms with Crippen LogP contribution in [0.1, 0.15) is 32.8 Å². The monoisotopic (exact) mass is 278 g/mol. The number of hydrogen-bond acceptors (Lipinski definition) is 4. The largest absolute Gasteiger partial charge is 0.490 e. The Morgan fingerprint density at radius 2 is 1.95 bits per heavy atom. The third-order valence-electron chi connectivity index (χ3n) is 3.40. The first kappa shape index (κ1) is 14.7. The van der Waals surface area contributed by atoms with Crippen molar-refractivity contribution in [3.05, 3.63) is 23.8 Å². The van der Waals surface area contributed by atoms with E-state index in [1.807, 2.05) is 32.0 Å². The minimum Gasteiger partial charge on any atom is -0.490 e. The summed E-state index contributed by atoms with van der Waals surface area (Å²) in [5.41, 5.74) is 5.43. The average molecular weight is 278 g/mol. The number of primary amides is 1. The maximum atomic E-state index is 11.9. The average Bonchev–Trinajstić information content (AvgIpc) is 2.61. The first-order valence-electron chi connectivity index (χ1n) is 6.91. The number of rotatable bonds is 4. The Kier molecular flexibility index (Phi) is 4.18. The lowest BCUT2D eigenvalue weighted by atomic mass is 9.90. The molecule has 0 saturated heterocycles. The first-order valence-corrected chi connectivity index (χ1v) is 6.91. The number of amides is 1. The minimum atomic E-state index is -0.932. The summed E-state index contributed by atoms with van der Waals surface area (Å²) in [6.07, 6.45) is 0.849. The fraction of sp³-hybridized carbons (Fsp3) is 0.533. The molecule has 0 bridgehead atoms. The fourth-order valence-corrected chi connectivity index (χ4v) is 2.35. The number of carbonyl (C=O) groups excluding carboxylic acids is 1. The quantitative estimate of drug-likeness (QED) is 0.876. The lowest BCUT2D eigenvalue weighted by molar-refractivity contribution is -0.124. The van der Waals surface area contributed by atoms with Gasteiger partial charge in [-0.2, -0.15) is 0 Å². The van der Waals surface area contributed by atoms with E-state index in [4.69, 9.17) is 15.2 Å². The Bertz CT molecular complexity index is 502. The summed E-state index contributed by atoms with van der Waals surface area (Å²) < 4.78 is 11.3. The summed E-state index contributed by atoms with van der Waals surface area (Å²) >= 11 is 0. The molecule has 1 aromatic rings. The molecule has 1 aliphatic heterocycles. The van der Waals surface area contributed by atoms with Crippen molar-refractivity contribution in [2.24, 2.45) is 5.73 Å². The van der Waals surface area contributed by atoms with Crippen LogP contribution in [0.5, 0.6) is 11.5 Å². The van der Waals surface area contributed by atoms with Gasteiger partial charge in [0.05, 0.1) is 13.2 Å². The van der Waals surface area contributed by atoms with E-state index < -0.39 is 11.4 Å². The molecule has 3 N–H and O–H groups in total. The molecule has 0 saturated carbocycles.